The molecule has 1 aliphatic rings. The number of benzene rings is 1. The number of aromatic amines is 1. The van der Waals surface area contributed by atoms with Gasteiger partial charge in [-0.25, -0.2) is 9.37 Å². The average molecular weight is 368 g/mol. The summed E-state index contributed by atoms with van der Waals surface area (Å²) in [5.41, 5.74) is 1.33. The highest BCUT2D eigenvalue weighted by Gasteiger charge is 2.36. The Balaban J connectivity index is 1.51. The molecule has 9 heteroatoms. The largest absolute Gasteiger partial charge is 0.346 e. The van der Waals surface area contributed by atoms with Gasteiger partial charge in [0.1, 0.15) is 11.0 Å². The molecule has 8 nitrogen and oxygen atoms in total. The summed E-state index contributed by atoms with van der Waals surface area (Å²) in [6.07, 6.45) is 1.94. The van der Waals surface area contributed by atoms with Crippen LogP contribution in [0.25, 0.3) is 11.0 Å². The molecule has 2 amide bonds. The summed E-state index contributed by atoms with van der Waals surface area (Å²) in [5.74, 6) is -1.44. The number of likely N-dealkylation sites (tertiary alicyclic amines) is 1. The first-order valence-corrected chi connectivity index (χ1v) is 8.58. The van der Waals surface area contributed by atoms with Gasteiger partial charge < -0.3 is 10.2 Å². The topological polar surface area (TPSA) is 104 Å². The van der Waals surface area contributed by atoms with Crippen molar-refractivity contribution in [2.24, 2.45) is 0 Å². The van der Waals surface area contributed by atoms with Crippen molar-refractivity contribution in [3.8, 4) is 0 Å². The Hall–Kier alpha value is -3.36. The van der Waals surface area contributed by atoms with Crippen LogP contribution in [-0.4, -0.2) is 55.7 Å². The highest BCUT2D eigenvalue weighted by atomic mass is 19.1. The number of amides is 2. The molecule has 1 saturated heterocycles. The van der Waals surface area contributed by atoms with Gasteiger partial charge in [-0.1, -0.05) is 6.07 Å². The molecular formula is C18H17FN6O2. The molecule has 138 valence electrons. The van der Waals surface area contributed by atoms with E-state index in [-0.39, 0.29) is 23.7 Å². The second kappa shape index (κ2) is 6.75. The lowest BCUT2D eigenvalue weighted by Gasteiger charge is -2.25. The second-order valence-corrected chi connectivity index (χ2v) is 6.44. The van der Waals surface area contributed by atoms with Gasteiger partial charge in [-0.15, -0.1) is 0 Å². The minimum Gasteiger partial charge on any atom is -0.346 e. The van der Waals surface area contributed by atoms with E-state index in [0.29, 0.717) is 29.6 Å². The Morgan fingerprint density at radius 3 is 2.93 bits per heavy atom. The maximum Gasteiger partial charge on any atom is 0.273 e. The highest BCUT2D eigenvalue weighted by molar-refractivity contribution is 6.04. The second-order valence-electron chi connectivity index (χ2n) is 6.44. The van der Waals surface area contributed by atoms with Crippen LogP contribution in [-0.2, 0) is 0 Å². The molecule has 4 rings (SSSR count). The summed E-state index contributed by atoms with van der Waals surface area (Å²) in [6, 6.07) is 7.29. The van der Waals surface area contributed by atoms with Gasteiger partial charge in [0.15, 0.2) is 11.5 Å². The Kier molecular flexibility index (Phi) is 4.27. The molecule has 0 unspecified atom stereocenters. The lowest BCUT2D eigenvalue weighted by Crippen LogP contribution is -2.45. The van der Waals surface area contributed by atoms with Crippen LogP contribution < -0.4 is 5.32 Å². The number of carbonyl (C=O) groups excluding carboxylic acids is 2. The number of halogens is 1. The minimum absolute atomic E-state index is 0.178. The number of para-hydroxylation sites is 1. The summed E-state index contributed by atoms with van der Waals surface area (Å²) in [5, 5.41) is 13.4. The zero-order chi connectivity index (χ0) is 19.0. The van der Waals surface area contributed by atoms with Crippen molar-refractivity contribution in [3.05, 3.63) is 53.6 Å². The maximum atomic E-state index is 13.8. The Morgan fingerprint density at radius 1 is 1.26 bits per heavy atom. The fraction of sp³-hybridized carbons (Fsp3) is 0.278. The molecular weight excluding hydrogens is 351 g/mol. The number of hydrogen-bond donors (Lipinski definition) is 2. The number of nitrogens with zero attached hydrogens (tertiary/aromatic N) is 4. The number of fused-ring (bicyclic) bond motifs is 1. The first-order valence-electron chi connectivity index (χ1n) is 8.58. The molecule has 1 aliphatic heterocycles. The first kappa shape index (κ1) is 17.1. The van der Waals surface area contributed by atoms with Crippen LogP contribution in [0, 0.1) is 5.82 Å². The summed E-state index contributed by atoms with van der Waals surface area (Å²) in [4.78, 5) is 30.8. The van der Waals surface area contributed by atoms with Gasteiger partial charge in [-0.05, 0) is 37.6 Å². The summed E-state index contributed by atoms with van der Waals surface area (Å²) >= 11 is 0. The molecule has 2 N–H and O–H groups in total. The monoisotopic (exact) mass is 368 g/mol. The third kappa shape index (κ3) is 3.01. The number of hydrogen-bond acceptors (Lipinski definition) is 5. The van der Waals surface area contributed by atoms with Crippen molar-refractivity contribution in [1.29, 1.82) is 0 Å². The first-order chi connectivity index (χ1) is 13.1. The number of rotatable bonds is 3. The predicted octanol–water partition coefficient (Wildman–Crippen LogP) is 1.52. The standard InChI is InChI=1S/C18H17FN6O2/c1-10-13(21-17(26)16-12(19)5-3-8-20-16)7-9-25(10)18(27)11-4-2-6-14-15(11)23-24-22-14/h2-6,8,10,13H,7,9H2,1H3,(H,21,26)(H,22,23,24)/t10-,13+/m1/s1. The fourth-order valence-electron chi connectivity index (χ4n) is 3.40. The molecule has 3 aromatic rings. The zero-order valence-corrected chi connectivity index (χ0v) is 14.5. The lowest BCUT2D eigenvalue weighted by atomic mass is 10.1. The summed E-state index contributed by atoms with van der Waals surface area (Å²) < 4.78 is 13.8. The van der Waals surface area contributed by atoms with E-state index in [0.717, 1.165) is 0 Å². The van der Waals surface area contributed by atoms with Gasteiger partial charge in [-0.2, -0.15) is 15.4 Å². The molecule has 3 heterocycles. The van der Waals surface area contributed by atoms with Crippen molar-refractivity contribution in [1.82, 2.24) is 30.6 Å². The molecule has 1 fully saturated rings. The van der Waals surface area contributed by atoms with Crippen molar-refractivity contribution in [2.45, 2.75) is 25.4 Å². The number of nitrogens with one attached hydrogen (secondary N) is 2. The van der Waals surface area contributed by atoms with E-state index in [9.17, 15) is 14.0 Å². The molecule has 0 saturated carbocycles. The van der Waals surface area contributed by atoms with Crippen molar-refractivity contribution in [2.75, 3.05) is 6.54 Å². The molecule has 1 aromatic carbocycles. The van der Waals surface area contributed by atoms with E-state index < -0.39 is 11.7 Å². The van der Waals surface area contributed by atoms with Crippen molar-refractivity contribution in [3.63, 3.8) is 0 Å². The van der Waals surface area contributed by atoms with Crippen molar-refractivity contribution < 1.29 is 14.0 Å². The van der Waals surface area contributed by atoms with Gasteiger partial charge in [0, 0.05) is 18.8 Å². The van der Waals surface area contributed by atoms with Gasteiger partial charge in [-0.3, -0.25) is 9.59 Å². The molecule has 0 bridgehead atoms. The Labute approximate surface area is 153 Å². The van der Waals surface area contributed by atoms with Crippen LogP contribution in [0.3, 0.4) is 0 Å². The lowest BCUT2D eigenvalue weighted by molar-refractivity contribution is 0.0730. The molecule has 2 atom stereocenters. The highest BCUT2D eigenvalue weighted by Crippen LogP contribution is 2.23. The SMILES string of the molecule is C[C@@H]1[C@@H](NC(=O)c2ncccc2F)CCN1C(=O)c1cccc2n[nH]nc12. The molecule has 0 aliphatic carbocycles. The van der Waals surface area contributed by atoms with E-state index in [1.807, 2.05) is 6.92 Å². The number of carbonyl (C=O) groups is 2. The quantitative estimate of drug-likeness (QED) is 0.730. The van der Waals surface area contributed by atoms with E-state index in [2.05, 4.69) is 25.7 Å². The fourth-order valence-corrected chi connectivity index (χ4v) is 3.40. The van der Waals surface area contributed by atoms with E-state index in [1.54, 1.807) is 23.1 Å². The van der Waals surface area contributed by atoms with E-state index in [4.69, 9.17) is 0 Å². The summed E-state index contributed by atoms with van der Waals surface area (Å²) in [7, 11) is 0. The summed E-state index contributed by atoms with van der Waals surface area (Å²) in [6.45, 7) is 2.33. The van der Waals surface area contributed by atoms with Crippen LogP contribution >= 0.6 is 0 Å². The van der Waals surface area contributed by atoms with Crippen LogP contribution in [0.15, 0.2) is 36.5 Å². The zero-order valence-electron chi connectivity index (χ0n) is 14.5. The van der Waals surface area contributed by atoms with Gasteiger partial charge >= 0.3 is 0 Å². The maximum absolute atomic E-state index is 13.8. The smallest absolute Gasteiger partial charge is 0.273 e. The number of aromatic nitrogens is 4. The third-order valence-corrected chi connectivity index (χ3v) is 4.88. The van der Waals surface area contributed by atoms with Crippen LogP contribution in [0.1, 0.15) is 34.2 Å². The molecule has 2 aromatic heterocycles. The van der Waals surface area contributed by atoms with Crippen LogP contribution in [0.2, 0.25) is 0 Å². The van der Waals surface area contributed by atoms with E-state index >= 15 is 0 Å². The van der Waals surface area contributed by atoms with Crippen molar-refractivity contribution >= 4 is 22.8 Å². The number of pyridine rings is 1. The van der Waals surface area contributed by atoms with Gasteiger partial charge in [0.2, 0.25) is 0 Å². The minimum atomic E-state index is -0.675. The molecule has 27 heavy (non-hydrogen) atoms. The Bertz CT molecular complexity index is 1020. The van der Waals surface area contributed by atoms with Gasteiger partial charge in [0.05, 0.1) is 11.6 Å². The average Bonchev–Trinajstić information content (AvgIpc) is 3.28. The number of H-pyrrole nitrogens is 1. The molecule has 0 spiro atoms. The predicted molar refractivity (Wildman–Crippen MR) is 94.5 cm³/mol. The van der Waals surface area contributed by atoms with Crippen LogP contribution in [0.5, 0.6) is 0 Å². The normalized spacial score (nSPS) is 19.4. The van der Waals surface area contributed by atoms with E-state index in [1.165, 1.54) is 18.3 Å². The molecule has 0 radical (unpaired) electrons. The third-order valence-electron chi connectivity index (χ3n) is 4.88. The Morgan fingerprint density at radius 2 is 2.11 bits per heavy atom. The van der Waals surface area contributed by atoms with Gasteiger partial charge in [0.25, 0.3) is 11.8 Å². The van der Waals surface area contributed by atoms with Crippen LogP contribution in [0.4, 0.5) is 4.39 Å².